The number of esters is 1. The first-order valence-electron chi connectivity index (χ1n) is 5.66. The molecule has 1 N–H and O–H groups in total. The summed E-state index contributed by atoms with van der Waals surface area (Å²) >= 11 is 0. The lowest BCUT2D eigenvalue weighted by molar-refractivity contribution is -0.150. The van der Waals surface area contributed by atoms with Gasteiger partial charge in [-0.1, -0.05) is 24.3 Å². The lowest BCUT2D eigenvalue weighted by Gasteiger charge is -2.36. The third-order valence-corrected chi connectivity index (χ3v) is 3.21. The van der Waals surface area contributed by atoms with Crippen LogP contribution in [0.15, 0.2) is 24.3 Å². The third kappa shape index (κ3) is 2.48. The van der Waals surface area contributed by atoms with Crippen LogP contribution < -0.4 is 0 Å². The summed E-state index contributed by atoms with van der Waals surface area (Å²) in [5.74, 6) is -0.0505. The molecule has 4 nitrogen and oxygen atoms in total. The smallest absolute Gasteiger partial charge is 0.339 e. The van der Waals surface area contributed by atoms with E-state index in [1.165, 1.54) is 12.7 Å². The van der Waals surface area contributed by atoms with E-state index in [2.05, 4.69) is 16.7 Å². The molecule has 1 saturated heterocycles. The zero-order valence-corrected chi connectivity index (χ0v) is 10.1. The van der Waals surface area contributed by atoms with Gasteiger partial charge < -0.3 is 14.7 Å². The first kappa shape index (κ1) is 12.1. The molecule has 4 heteroatoms. The SMILES string of the molecule is COC(=O)C(O)c1ccc(C2CN(C)C2)cc1. The van der Waals surface area contributed by atoms with Crippen molar-refractivity contribution in [2.24, 2.45) is 0 Å². The van der Waals surface area contributed by atoms with Crippen LogP contribution in [0.2, 0.25) is 0 Å². The molecule has 17 heavy (non-hydrogen) atoms. The van der Waals surface area contributed by atoms with Crippen molar-refractivity contribution in [3.05, 3.63) is 35.4 Å². The molecule has 1 aliphatic rings. The Labute approximate surface area is 101 Å². The number of nitrogens with zero attached hydrogens (tertiary/aromatic N) is 1. The van der Waals surface area contributed by atoms with Crippen molar-refractivity contribution in [3.63, 3.8) is 0 Å². The van der Waals surface area contributed by atoms with E-state index in [0.717, 1.165) is 13.1 Å². The number of carbonyl (C=O) groups excluding carboxylic acids is 1. The zero-order chi connectivity index (χ0) is 12.4. The van der Waals surface area contributed by atoms with Gasteiger partial charge in [0.05, 0.1) is 7.11 Å². The Morgan fingerprint density at radius 1 is 1.41 bits per heavy atom. The van der Waals surface area contributed by atoms with Gasteiger partial charge in [-0.3, -0.25) is 0 Å². The molecule has 0 saturated carbocycles. The highest BCUT2D eigenvalue weighted by Gasteiger charge is 2.25. The van der Waals surface area contributed by atoms with E-state index in [4.69, 9.17) is 0 Å². The number of rotatable bonds is 3. The molecular formula is C13H17NO3. The molecule has 0 aliphatic carbocycles. The highest BCUT2D eigenvalue weighted by molar-refractivity contribution is 5.76. The topological polar surface area (TPSA) is 49.8 Å². The average Bonchev–Trinajstić information content (AvgIpc) is 2.33. The van der Waals surface area contributed by atoms with Gasteiger partial charge in [0, 0.05) is 19.0 Å². The van der Waals surface area contributed by atoms with E-state index in [9.17, 15) is 9.90 Å². The van der Waals surface area contributed by atoms with Crippen LogP contribution in [0.1, 0.15) is 23.1 Å². The summed E-state index contributed by atoms with van der Waals surface area (Å²) in [7, 11) is 3.36. The van der Waals surface area contributed by atoms with Gasteiger partial charge in [0.2, 0.25) is 0 Å². The van der Waals surface area contributed by atoms with Gasteiger partial charge in [-0.25, -0.2) is 4.79 Å². The second-order valence-corrected chi connectivity index (χ2v) is 4.51. The number of carbonyl (C=O) groups is 1. The van der Waals surface area contributed by atoms with Crippen molar-refractivity contribution >= 4 is 5.97 Å². The van der Waals surface area contributed by atoms with Gasteiger partial charge >= 0.3 is 5.97 Å². The van der Waals surface area contributed by atoms with Crippen LogP contribution in [0.4, 0.5) is 0 Å². The van der Waals surface area contributed by atoms with Crippen molar-refractivity contribution in [2.75, 3.05) is 27.2 Å². The minimum Gasteiger partial charge on any atom is -0.467 e. The van der Waals surface area contributed by atoms with Crippen LogP contribution >= 0.6 is 0 Å². The summed E-state index contributed by atoms with van der Waals surface area (Å²) in [6.07, 6.45) is -1.18. The van der Waals surface area contributed by atoms with E-state index < -0.39 is 12.1 Å². The molecule has 1 aromatic carbocycles. The van der Waals surface area contributed by atoms with E-state index >= 15 is 0 Å². The predicted molar refractivity (Wildman–Crippen MR) is 63.7 cm³/mol. The number of likely N-dealkylation sites (N-methyl/N-ethyl adjacent to an activating group) is 1. The Morgan fingerprint density at radius 2 is 2.00 bits per heavy atom. The van der Waals surface area contributed by atoms with E-state index in [0.29, 0.717) is 11.5 Å². The minimum absolute atomic E-state index is 0.573. The quantitative estimate of drug-likeness (QED) is 0.792. The molecule has 1 atom stereocenters. The fourth-order valence-electron chi connectivity index (χ4n) is 2.11. The number of aliphatic hydroxyl groups is 1. The molecule has 2 rings (SSSR count). The Balaban J connectivity index is 2.05. The van der Waals surface area contributed by atoms with Crippen molar-refractivity contribution in [1.29, 1.82) is 0 Å². The molecular weight excluding hydrogens is 218 g/mol. The van der Waals surface area contributed by atoms with Gasteiger partial charge in [-0.05, 0) is 18.2 Å². The molecule has 0 radical (unpaired) electrons. The third-order valence-electron chi connectivity index (χ3n) is 3.21. The average molecular weight is 235 g/mol. The minimum atomic E-state index is -1.18. The number of aliphatic hydroxyl groups excluding tert-OH is 1. The van der Waals surface area contributed by atoms with Crippen molar-refractivity contribution in [2.45, 2.75) is 12.0 Å². The normalized spacial score (nSPS) is 18.5. The van der Waals surface area contributed by atoms with Gasteiger partial charge in [-0.2, -0.15) is 0 Å². The molecule has 1 aromatic rings. The molecule has 0 bridgehead atoms. The second-order valence-electron chi connectivity index (χ2n) is 4.51. The maximum Gasteiger partial charge on any atom is 0.339 e. The maximum atomic E-state index is 11.2. The molecule has 1 heterocycles. The summed E-state index contributed by atoms with van der Waals surface area (Å²) in [4.78, 5) is 13.4. The van der Waals surface area contributed by atoms with Gasteiger partial charge in [0.25, 0.3) is 0 Å². The summed E-state index contributed by atoms with van der Waals surface area (Å²) in [6, 6.07) is 7.52. The number of hydrogen-bond donors (Lipinski definition) is 1. The maximum absolute atomic E-state index is 11.2. The number of likely N-dealkylation sites (tertiary alicyclic amines) is 1. The molecule has 92 valence electrons. The molecule has 1 fully saturated rings. The lowest BCUT2D eigenvalue weighted by Crippen LogP contribution is -2.41. The van der Waals surface area contributed by atoms with E-state index in [1.54, 1.807) is 12.1 Å². The van der Waals surface area contributed by atoms with Crippen LogP contribution in [-0.4, -0.2) is 43.2 Å². The first-order valence-corrected chi connectivity index (χ1v) is 5.66. The van der Waals surface area contributed by atoms with Crippen LogP contribution in [0.5, 0.6) is 0 Å². The molecule has 0 amide bonds. The molecule has 0 aromatic heterocycles. The predicted octanol–water partition coefficient (Wildman–Crippen LogP) is 0.922. The summed E-state index contributed by atoms with van der Waals surface area (Å²) in [6.45, 7) is 2.14. The van der Waals surface area contributed by atoms with Gasteiger partial charge in [0.1, 0.15) is 0 Å². The monoisotopic (exact) mass is 235 g/mol. The Kier molecular flexibility index (Phi) is 3.45. The van der Waals surface area contributed by atoms with Crippen molar-refractivity contribution < 1.29 is 14.6 Å². The summed E-state index contributed by atoms with van der Waals surface area (Å²) in [5.41, 5.74) is 1.83. The zero-order valence-electron chi connectivity index (χ0n) is 10.1. The van der Waals surface area contributed by atoms with Crippen molar-refractivity contribution in [3.8, 4) is 0 Å². The Morgan fingerprint density at radius 3 is 2.47 bits per heavy atom. The second kappa shape index (κ2) is 4.85. The summed E-state index contributed by atoms with van der Waals surface area (Å²) in [5, 5.41) is 9.65. The molecule has 0 spiro atoms. The van der Waals surface area contributed by atoms with E-state index in [-0.39, 0.29) is 0 Å². The number of methoxy groups -OCH3 is 1. The van der Waals surface area contributed by atoms with Gasteiger partial charge in [-0.15, -0.1) is 0 Å². The fraction of sp³-hybridized carbons (Fsp3) is 0.462. The standard InChI is InChI=1S/C13H17NO3/c1-14-7-11(8-14)9-3-5-10(6-4-9)12(15)13(16)17-2/h3-6,11-12,15H,7-8H2,1-2H3. The number of hydrogen-bond acceptors (Lipinski definition) is 4. The fourth-order valence-corrected chi connectivity index (χ4v) is 2.11. The number of ether oxygens (including phenoxy) is 1. The highest BCUT2D eigenvalue weighted by Crippen LogP contribution is 2.26. The Hall–Kier alpha value is -1.39. The van der Waals surface area contributed by atoms with E-state index in [1.807, 2.05) is 12.1 Å². The summed E-state index contributed by atoms with van der Waals surface area (Å²) < 4.78 is 4.49. The van der Waals surface area contributed by atoms with Crippen LogP contribution in [-0.2, 0) is 9.53 Å². The first-order chi connectivity index (χ1) is 8.11. The highest BCUT2D eigenvalue weighted by atomic mass is 16.5. The number of benzene rings is 1. The molecule has 1 aliphatic heterocycles. The van der Waals surface area contributed by atoms with Crippen molar-refractivity contribution in [1.82, 2.24) is 4.90 Å². The van der Waals surface area contributed by atoms with Gasteiger partial charge in [0.15, 0.2) is 6.10 Å². The largest absolute Gasteiger partial charge is 0.467 e. The molecule has 1 unspecified atom stereocenters. The van der Waals surface area contributed by atoms with Crippen LogP contribution in [0, 0.1) is 0 Å². The lowest BCUT2D eigenvalue weighted by atomic mass is 9.91. The Bertz CT molecular complexity index is 396. The van der Waals surface area contributed by atoms with Crippen LogP contribution in [0.3, 0.4) is 0 Å². The van der Waals surface area contributed by atoms with Crippen LogP contribution in [0.25, 0.3) is 0 Å².